The molecule has 0 atom stereocenters. The minimum Gasteiger partial charge on any atom is -0.337 e. The largest absolute Gasteiger partial charge is 0.337 e. The Morgan fingerprint density at radius 3 is 2.94 bits per heavy atom. The highest BCUT2D eigenvalue weighted by atomic mass is 35.5. The van der Waals surface area contributed by atoms with Crippen LogP contribution in [0, 0.1) is 0 Å². The van der Waals surface area contributed by atoms with Crippen LogP contribution in [0.25, 0.3) is 0 Å². The van der Waals surface area contributed by atoms with Gasteiger partial charge in [0.1, 0.15) is 6.61 Å². The first-order valence-electron chi connectivity index (χ1n) is 5.53. The molecular formula is C12H17Cl2NO2. The van der Waals surface area contributed by atoms with Crippen molar-refractivity contribution >= 4 is 24.0 Å². The monoisotopic (exact) mass is 277 g/mol. The predicted molar refractivity (Wildman–Crippen MR) is 70.8 cm³/mol. The number of hydrogen-bond donors (Lipinski definition) is 0. The second-order valence-electron chi connectivity index (χ2n) is 3.85. The lowest BCUT2D eigenvalue weighted by molar-refractivity contribution is -0.194. The fourth-order valence-electron chi connectivity index (χ4n) is 1.78. The van der Waals surface area contributed by atoms with Crippen LogP contribution in [0.1, 0.15) is 18.1 Å². The summed E-state index contributed by atoms with van der Waals surface area (Å²) in [6, 6.07) is 6.22. The summed E-state index contributed by atoms with van der Waals surface area (Å²) in [5, 5.41) is 0. The summed E-state index contributed by atoms with van der Waals surface area (Å²) in [6.45, 7) is 5.50. The molecular weight excluding hydrogens is 261 g/mol. The van der Waals surface area contributed by atoms with Gasteiger partial charge in [0.2, 0.25) is 0 Å². The molecule has 0 radical (unpaired) electrons. The zero-order chi connectivity index (χ0) is 11.4. The van der Waals surface area contributed by atoms with E-state index < -0.39 is 0 Å². The van der Waals surface area contributed by atoms with Crippen molar-refractivity contribution in [2.45, 2.75) is 20.1 Å². The third-order valence-corrected chi connectivity index (χ3v) is 2.92. The van der Waals surface area contributed by atoms with Gasteiger partial charge < -0.3 is 4.89 Å². The molecule has 0 spiro atoms. The predicted octanol–water partition coefficient (Wildman–Crippen LogP) is 2.99. The Bertz CT molecular complexity index is 360. The van der Waals surface area contributed by atoms with E-state index in [0.717, 1.165) is 30.9 Å². The van der Waals surface area contributed by atoms with Crippen molar-refractivity contribution in [2.75, 3.05) is 19.0 Å². The van der Waals surface area contributed by atoms with Gasteiger partial charge in [0, 0.05) is 24.5 Å². The van der Waals surface area contributed by atoms with Gasteiger partial charge in [-0.15, -0.1) is 24.0 Å². The van der Waals surface area contributed by atoms with Crippen LogP contribution in [0.3, 0.4) is 0 Å². The molecule has 1 aliphatic rings. The van der Waals surface area contributed by atoms with Gasteiger partial charge in [0.25, 0.3) is 0 Å². The van der Waals surface area contributed by atoms with E-state index in [1.54, 1.807) is 0 Å². The number of benzene rings is 1. The summed E-state index contributed by atoms with van der Waals surface area (Å²) in [7, 11) is 0. The summed E-state index contributed by atoms with van der Waals surface area (Å²) in [5.74, 6) is 1.51. The SMILES string of the molecule is CCN(CCCl)Cc1ccc2c(c1)OOC2.Cl. The Labute approximate surface area is 113 Å². The number of rotatable bonds is 5. The van der Waals surface area contributed by atoms with E-state index >= 15 is 0 Å². The Kier molecular flexibility index (Phi) is 6.06. The molecule has 2 rings (SSSR count). The van der Waals surface area contributed by atoms with Crippen molar-refractivity contribution in [2.24, 2.45) is 0 Å². The molecule has 0 bridgehead atoms. The molecule has 96 valence electrons. The minimum absolute atomic E-state index is 0. The van der Waals surface area contributed by atoms with Crippen molar-refractivity contribution in [1.82, 2.24) is 4.90 Å². The smallest absolute Gasteiger partial charge is 0.171 e. The maximum atomic E-state index is 5.75. The molecule has 1 aliphatic heterocycles. The highest BCUT2D eigenvalue weighted by Gasteiger charge is 2.14. The summed E-state index contributed by atoms with van der Waals surface area (Å²) in [4.78, 5) is 12.3. The first kappa shape index (κ1) is 14.6. The van der Waals surface area contributed by atoms with E-state index in [-0.39, 0.29) is 12.4 Å². The third kappa shape index (κ3) is 3.75. The molecule has 1 aromatic rings. The van der Waals surface area contributed by atoms with Gasteiger partial charge in [-0.1, -0.05) is 19.1 Å². The van der Waals surface area contributed by atoms with Crippen molar-refractivity contribution in [3.63, 3.8) is 0 Å². The van der Waals surface area contributed by atoms with Gasteiger partial charge >= 0.3 is 0 Å². The summed E-state index contributed by atoms with van der Waals surface area (Å²) < 4.78 is 0. The van der Waals surface area contributed by atoms with Gasteiger partial charge in [-0.3, -0.25) is 4.90 Å². The number of nitrogens with zero attached hydrogens (tertiary/aromatic N) is 1. The van der Waals surface area contributed by atoms with Gasteiger partial charge in [-0.2, -0.15) is 4.89 Å². The Morgan fingerprint density at radius 1 is 1.41 bits per heavy atom. The van der Waals surface area contributed by atoms with E-state index in [1.165, 1.54) is 5.56 Å². The third-order valence-electron chi connectivity index (χ3n) is 2.75. The molecule has 0 aromatic heterocycles. The lowest BCUT2D eigenvalue weighted by Gasteiger charge is -2.19. The first-order chi connectivity index (χ1) is 7.83. The molecule has 0 fully saturated rings. The fourth-order valence-corrected chi connectivity index (χ4v) is 2.02. The van der Waals surface area contributed by atoms with Gasteiger partial charge in [0.05, 0.1) is 0 Å². The number of hydrogen-bond acceptors (Lipinski definition) is 3. The normalized spacial score (nSPS) is 13.1. The highest BCUT2D eigenvalue weighted by Crippen LogP contribution is 2.27. The molecule has 0 N–H and O–H groups in total. The van der Waals surface area contributed by atoms with Crippen LogP contribution in [0.4, 0.5) is 0 Å². The maximum absolute atomic E-state index is 5.75. The topological polar surface area (TPSA) is 21.7 Å². The summed E-state index contributed by atoms with van der Waals surface area (Å²) in [6.07, 6.45) is 0. The highest BCUT2D eigenvalue weighted by molar-refractivity contribution is 6.18. The van der Waals surface area contributed by atoms with Gasteiger partial charge in [-0.25, -0.2) is 0 Å². The lowest BCUT2D eigenvalue weighted by atomic mass is 10.1. The first-order valence-corrected chi connectivity index (χ1v) is 6.06. The molecule has 3 nitrogen and oxygen atoms in total. The standard InChI is InChI=1S/C12H16ClNO2.ClH/c1-2-14(6-5-13)8-10-3-4-11-9-15-16-12(11)7-10;/h3-4,7H,2,5-6,8-9H2,1H3;1H. The van der Waals surface area contributed by atoms with Crippen molar-refractivity contribution in [3.05, 3.63) is 29.3 Å². The van der Waals surface area contributed by atoms with Crippen LogP contribution in [0.5, 0.6) is 5.75 Å². The zero-order valence-corrected chi connectivity index (χ0v) is 11.4. The van der Waals surface area contributed by atoms with Gasteiger partial charge in [0.15, 0.2) is 5.75 Å². The van der Waals surface area contributed by atoms with Crippen molar-refractivity contribution in [3.8, 4) is 5.75 Å². The van der Waals surface area contributed by atoms with Crippen LogP contribution in [-0.2, 0) is 18.0 Å². The molecule has 17 heavy (non-hydrogen) atoms. The van der Waals surface area contributed by atoms with Gasteiger partial charge in [-0.05, 0) is 18.2 Å². The molecule has 1 aromatic carbocycles. The molecule has 0 unspecified atom stereocenters. The van der Waals surface area contributed by atoms with Crippen LogP contribution < -0.4 is 4.89 Å². The average molecular weight is 278 g/mol. The maximum Gasteiger partial charge on any atom is 0.171 e. The number of fused-ring (bicyclic) bond motifs is 1. The van der Waals surface area contributed by atoms with Crippen LogP contribution in [0.2, 0.25) is 0 Å². The van der Waals surface area contributed by atoms with Crippen LogP contribution in [-0.4, -0.2) is 23.9 Å². The summed E-state index contributed by atoms with van der Waals surface area (Å²) in [5.41, 5.74) is 2.35. The quantitative estimate of drug-likeness (QED) is 0.610. The molecule has 0 aliphatic carbocycles. The molecule has 0 saturated heterocycles. The second kappa shape index (κ2) is 7.07. The Balaban J connectivity index is 0.00000144. The van der Waals surface area contributed by atoms with Crippen LogP contribution >= 0.6 is 24.0 Å². The van der Waals surface area contributed by atoms with E-state index in [4.69, 9.17) is 21.4 Å². The van der Waals surface area contributed by atoms with Crippen molar-refractivity contribution < 1.29 is 9.78 Å². The van der Waals surface area contributed by atoms with E-state index in [0.29, 0.717) is 12.5 Å². The molecule has 1 heterocycles. The Morgan fingerprint density at radius 2 is 2.24 bits per heavy atom. The van der Waals surface area contributed by atoms with E-state index in [2.05, 4.69) is 24.0 Å². The molecule has 5 heteroatoms. The molecule has 0 saturated carbocycles. The number of halogens is 2. The van der Waals surface area contributed by atoms with Crippen LogP contribution in [0.15, 0.2) is 18.2 Å². The Hall–Kier alpha value is -0.480. The lowest BCUT2D eigenvalue weighted by Crippen LogP contribution is -2.24. The average Bonchev–Trinajstić information content (AvgIpc) is 2.75. The van der Waals surface area contributed by atoms with E-state index in [9.17, 15) is 0 Å². The van der Waals surface area contributed by atoms with E-state index in [1.807, 2.05) is 6.07 Å². The number of alkyl halides is 1. The summed E-state index contributed by atoms with van der Waals surface area (Å²) >= 11 is 5.75. The zero-order valence-electron chi connectivity index (χ0n) is 9.82. The minimum atomic E-state index is 0. The second-order valence-corrected chi connectivity index (χ2v) is 4.22. The fraction of sp³-hybridized carbons (Fsp3) is 0.500. The molecule has 0 amide bonds. The van der Waals surface area contributed by atoms with Crippen molar-refractivity contribution in [1.29, 1.82) is 0 Å².